The molecule has 0 aliphatic heterocycles. The van der Waals surface area contributed by atoms with Crippen LogP contribution in [0, 0.1) is 0 Å². The Morgan fingerprint density at radius 2 is 1.87 bits per heavy atom. The SMILES string of the molecule is NC(=O)[C@H](NC(=O)c1csc(-c2cccs2)n1)c1ccccc1. The quantitative estimate of drug-likeness (QED) is 0.747. The fraction of sp³-hybridized carbons (Fsp3) is 0.0625. The zero-order chi connectivity index (χ0) is 16.2. The van der Waals surface area contributed by atoms with E-state index in [1.807, 2.05) is 23.6 Å². The van der Waals surface area contributed by atoms with Gasteiger partial charge in [0.1, 0.15) is 16.7 Å². The first-order valence-electron chi connectivity index (χ1n) is 6.79. The van der Waals surface area contributed by atoms with Gasteiger partial charge in [0, 0.05) is 5.38 Å². The summed E-state index contributed by atoms with van der Waals surface area (Å²) in [6.07, 6.45) is 0. The van der Waals surface area contributed by atoms with Crippen LogP contribution in [-0.4, -0.2) is 16.8 Å². The molecule has 0 radical (unpaired) electrons. The van der Waals surface area contributed by atoms with E-state index in [0.717, 1.165) is 9.88 Å². The molecule has 2 heterocycles. The first-order valence-corrected chi connectivity index (χ1v) is 8.55. The molecule has 0 spiro atoms. The van der Waals surface area contributed by atoms with Crippen molar-refractivity contribution in [2.45, 2.75) is 6.04 Å². The van der Waals surface area contributed by atoms with Crippen LogP contribution in [0.3, 0.4) is 0 Å². The number of aromatic nitrogens is 1. The predicted octanol–water partition coefficient (Wildman–Crippen LogP) is 2.83. The third-order valence-electron chi connectivity index (χ3n) is 3.16. The summed E-state index contributed by atoms with van der Waals surface area (Å²) in [7, 11) is 0. The molecule has 0 bridgehead atoms. The maximum absolute atomic E-state index is 12.3. The van der Waals surface area contributed by atoms with Gasteiger partial charge in [-0.3, -0.25) is 9.59 Å². The molecule has 3 aromatic rings. The molecular weight excluding hydrogens is 330 g/mol. The number of carbonyl (C=O) groups is 2. The molecule has 116 valence electrons. The van der Waals surface area contributed by atoms with Gasteiger partial charge in [0.2, 0.25) is 5.91 Å². The summed E-state index contributed by atoms with van der Waals surface area (Å²) in [4.78, 5) is 29.3. The van der Waals surface area contributed by atoms with Gasteiger partial charge >= 0.3 is 0 Å². The Kier molecular flexibility index (Phi) is 4.50. The van der Waals surface area contributed by atoms with Crippen molar-refractivity contribution in [3.8, 4) is 9.88 Å². The Labute approximate surface area is 140 Å². The number of nitrogens with zero attached hydrogens (tertiary/aromatic N) is 1. The molecule has 23 heavy (non-hydrogen) atoms. The Balaban J connectivity index is 1.79. The van der Waals surface area contributed by atoms with Crippen LogP contribution in [0.25, 0.3) is 9.88 Å². The van der Waals surface area contributed by atoms with E-state index in [0.29, 0.717) is 5.56 Å². The predicted molar refractivity (Wildman–Crippen MR) is 91.3 cm³/mol. The van der Waals surface area contributed by atoms with E-state index in [1.54, 1.807) is 41.0 Å². The Hall–Kier alpha value is -2.51. The van der Waals surface area contributed by atoms with Crippen LogP contribution in [0.4, 0.5) is 0 Å². The molecule has 0 unspecified atom stereocenters. The minimum Gasteiger partial charge on any atom is -0.368 e. The van der Waals surface area contributed by atoms with Crippen molar-refractivity contribution >= 4 is 34.5 Å². The first kappa shape index (κ1) is 15.4. The normalized spacial score (nSPS) is 11.8. The van der Waals surface area contributed by atoms with Crippen molar-refractivity contribution in [1.82, 2.24) is 10.3 Å². The molecule has 1 atom stereocenters. The number of amides is 2. The minimum absolute atomic E-state index is 0.278. The van der Waals surface area contributed by atoms with Gasteiger partial charge in [-0.15, -0.1) is 22.7 Å². The lowest BCUT2D eigenvalue weighted by atomic mass is 10.1. The van der Waals surface area contributed by atoms with E-state index < -0.39 is 17.9 Å². The van der Waals surface area contributed by atoms with Crippen molar-refractivity contribution in [3.05, 3.63) is 64.5 Å². The van der Waals surface area contributed by atoms with Gasteiger partial charge in [0.15, 0.2) is 0 Å². The number of primary amides is 1. The lowest BCUT2D eigenvalue weighted by Crippen LogP contribution is -2.37. The summed E-state index contributed by atoms with van der Waals surface area (Å²) in [5.41, 5.74) is 6.33. The van der Waals surface area contributed by atoms with Gasteiger partial charge in [0.05, 0.1) is 4.88 Å². The maximum Gasteiger partial charge on any atom is 0.271 e. The van der Waals surface area contributed by atoms with Crippen molar-refractivity contribution in [1.29, 1.82) is 0 Å². The largest absolute Gasteiger partial charge is 0.368 e. The molecule has 2 amide bonds. The average molecular weight is 343 g/mol. The number of thiophene rings is 1. The highest BCUT2D eigenvalue weighted by atomic mass is 32.1. The molecule has 7 heteroatoms. The van der Waals surface area contributed by atoms with Crippen LogP contribution in [0.1, 0.15) is 22.1 Å². The summed E-state index contributed by atoms with van der Waals surface area (Å²) in [5, 5.41) is 7.05. The van der Waals surface area contributed by atoms with Crippen LogP contribution in [0.2, 0.25) is 0 Å². The van der Waals surface area contributed by atoms with E-state index in [4.69, 9.17) is 5.73 Å². The second kappa shape index (κ2) is 6.72. The van der Waals surface area contributed by atoms with E-state index in [1.165, 1.54) is 11.3 Å². The van der Waals surface area contributed by atoms with Gasteiger partial charge < -0.3 is 11.1 Å². The first-order chi connectivity index (χ1) is 11.1. The standard InChI is InChI=1S/C16H13N3O2S2/c17-14(20)13(10-5-2-1-3-6-10)19-15(21)11-9-23-16(18-11)12-7-4-8-22-12/h1-9,13H,(H2,17,20)(H,19,21)/t13-/m1/s1. The van der Waals surface area contributed by atoms with Gasteiger partial charge in [-0.05, 0) is 17.0 Å². The lowest BCUT2D eigenvalue weighted by Gasteiger charge is -2.14. The van der Waals surface area contributed by atoms with Crippen LogP contribution < -0.4 is 11.1 Å². The minimum atomic E-state index is -0.879. The lowest BCUT2D eigenvalue weighted by molar-refractivity contribution is -0.120. The molecule has 0 aliphatic rings. The highest BCUT2D eigenvalue weighted by Crippen LogP contribution is 2.28. The number of benzene rings is 1. The van der Waals surface area contributed by atoms with Gasteiger partial charge in [-0.25, -0.2) is 4.98 Å². The molecule has 3 rings (SSSR count). The third kappa shape index (κ3) is 3.46. The molecule has 1 aromatic carbocycles. The van der Waals surface area contributed by atoms with Crippen molar-refractivity contribution in [2.75, 3.05) is 0 Å². The summed E-state index contributed by atoms with van der Waals surface area (Å²) < 4.78 is 0. The number of hydrogen-bond donors (Lipinski definition) is 2. The number of nitrogens with one attached hydrogen (secondary N) is 1. The highest BCUT2D eigenvalue weighted by Gasteiger charge is 2.22. The molecule has 0 saturated heterocycles. The van der Waals surface area contributed by atoms with Crippen molar-refractivity contribution in [2.24, 2.45) is 5.73 Å². The molecular formula is C16H13N3O2S2. The monoisotopic (exact) mass is 343 g/mol. The third-order valence-corrected chi connectivity index (χ3v) is 5.04. The molecule has 0 saturated carbocycles. The highest BCUT2D eigenvalue weighted by molar-refractivity contribution is 7.20. The van der Waals surface area contributed by atoms with Crippen LogP contribution in [0.5, 0.6) is 0 Å². The van der Waals surface area contributed by atoms with Gasteiger partial charge in [-0.2, -0.15) is 0 Å². The summed E-state index contributed by atoms with van der Waals surface area (Å²) in [6, 6.07) is 11.9. The summed E-state index contributed by atoms with van der Waals surface area (Å²) in [6.45, 7) is 0. The zero-order valence-corrected chi connectivity index (χ0v) is 13.6. The van der Waals surface area contributed by atoms with E-state index in [-0.39, 0.29) is 5.69 Å². The fourth-order valence-electron chi connectivity index (χ4n) is 2.06. The zero-order valence-electron chi connectivity index (χ0n) is 11.9. The van der Waals surface area contributed by atoms with E-state index in [9.17, 15) is 9.59 Å². The second-order valence-electron chi connectivity index (χ2n) is 4.73. The summed E-state index contributed by atoms with van der Waals surface area (Å²) in [5.74, 6) is -1.03. The topological polar surface area (TPSA) is 85.1 Å². The van der Waals surface area contributed by atoms with Gasteiger partial charge in [0.25, 0.3) is 5.91 Å². The number of nitrogens with two attached hydrogens (primary N) is 1. The average Bonchev–Trinajstić information content (AvgIpc) is 3.23. The summed E-state index contributed by atoms with van der Waals surface area (Å²) >= 11 is 2.95. The number of thiazole rings is 1. The Morgan fingerprint density at radius 1 is 1.09 bits per heavy atom. The number of carbonyl (C=O) groups excluding carboxylic acids is 2. The molecule has 3 N–H and O–H groups in total. The van der Waals surface area contributed by atoms with Crippen LogP contribution in [0.15, 0.2) is 53.2 Å². The smallest absolute Gasteiger partial charge is 0.271 e. The second-order valence-corrected chi connectivity index (χ2v) is 6.54. The van der Waals surface area contributed by atoms with Gasteiger partial charge in [-0.1, -0.05) is 36.4 Å². The number of hydrogen-bond acceptors (Lipinski definition) is 5. The molecule has 0 aliphatic carbocycles. The maximum atomic E-state index is 12.3. The molecule has 0 fully saturated rings. The van der Waals surface area contributed by atoms with Crippen LogP contribution in [-0.2, 0) is 4.79 Å². The Morgan fingerprint density at radius 3 is 2.52 bits per heavy atom. The van der Waals surface area contributed by atoms with Crippen molar-refractivity contribution < 1.29 is 9.59 Å². The number of rotatable bonds is 5. The van der Waals surface area contributed by atoms with E-state index in [2.05, 4.69) is 10.3 Å². The fourth-order valence-corrected chi connectivity index (χ4v) is 3.67. The van der Waals surface area contributed by atoms with Crippen LogP contribution >= 0.6 is 22.7 Å². The van der Waals surface area contributed by atoms with Crippen molar-refractivity contribution in [3.63, 3.8) is 0 Å². The molecule has 2 aromatic heterocycles. The Bertz CT molecular complexity index is 813. The molecule has 5 nitrogen and oxygen atoms in total. The van der Waals surface area contributed by atoms with E-state index >= 15 is 0 Å².